The van der Waals surface area contributed by atoms with Crippen molar-refractivity contribution in [3.63, 3.8) is 0 Å². The molecule has 1 saturated heterocycles. The second kappa shape index (κ2) is 5.92. The molecule has 1 aliphatic carbocycles. The maximum absolute atomic E-state index is 9.88. The van der Waals surface area contributed by atoms with Crippen molar-refractivity contribution in [3.8, 4) is 0 Å². The number of hydrogen-bond acceptors (Lipinski definition) is 2. The molecule has 0 aromatic rings. The fourth-order valence-corrected chi connectivity index (χ4v) is 3.77. The Kier molecular flexibility index (Phi) is 4.71. The maximum Gasteiger partial charge on any atom is 0.0499 e. The van der Waals surface area contributed by atoms with Crippen molar-refractivity contribution < 1.29 is 5.11 Å². The van der Waals surface area contributed by atoms with Crippen molar-refractivity contribution in [3.05, 3.63) is 0 Å². The molecule has 1 aliphatic heterocycles. The lowest BCUT2D eigenvalue weighted by atomic mass is 9.70. The van der Waals surface area contributed by atoms with Gasteiger partial charge in [-0.1, -0.05) is 26.7 Å². The van der Waals surface area contributed by atoms with E-state index in [9.17, 15) is 5.11 Å². The summed E-state index contributed by atoms with van der Waals surface area (Å²) in [6.45, 7) is 9.83. The number of aliphatic hydroxyl groups is 1. The van der Waals surface area contributed by atoms with Gasteiger partial charge in [-0.05, 0) is 44.4 Å². The molecule has 18 heavy (non-hydrogen) atoms. The van der Waals surface area contributed by atoms with Gasteiger partial charge in [-0.3, -0.25) is 4.90 Å². The van der Waals surface area contributed by atoms with Gasteiger partial charge in [0.15, 0.2) is 0 Å². The smallest absolute Gasteiger partial charge is 0.0499 e. The van der Waals surface area contributed by atoms with Crippen LogP contribution in [0.4, 0.5) is 0 Å². The molecule has 1 heterocycles. The van der Waals surface area contributed by atoms with Gasteiger partial charge in [-0.15, -0.1) is 0 Å². The molecular formula is C16H31NO. The van der Waals surface area contributed by atoms with E-state index in [1.807, 2.05) is 0 Å². The Bertz CT molecular complexity index is 258. The van der Waals surface area contributed by atoms with Crippen molar-refractivity contribution in [2.45, 2.75) is 65.3 Å². The lowest BCUT2D eigenvalue weighted by Gasteiger charge is -2.46. The van der Waals surface area contributed by atoms with Crippen LogP contribution in [0, 0.1) is 17.3 Å². The zero-order valence-electron chi connectivity index (χ0n) is 12.5. The third kappa shape index (κ3) is 3.27. The SMILES string of the molecule is CC1CCC(CO)(CN2CC(C)CCC2C)CC1. The lowest BCUT2D eigenvalue weighted by Crippen LogP contribution is -2.49. The van der Waals surface area contributed by atoms with Crippen molar-refractivity contribution in [2.75, 3.05) is 19.7 Å². The van der Waals surface area contributed by atoms with Gasteiger partial charge in [-0.2, -0.15) is 0 Å². The van der Waals surface area contributed by atoms with Gasteiger partial charge in [0.05, 0.1) is 0 Å². The minimum absolute atomic E-state index is 0.206. The minimum Gasteiger partial charge on any atom is -0.396 e. The Morgan fingerprint density at radius 2 is 1.67 bits per heavy atom. The van der Waals surface area contributed by atoms with Gasteiger partial charge < -0.3 is 5.11 Å². The highest BCUT2D eigenvalue weighted by molar-refractivity contribution is 4.90. The summed E-state index contributed by atoms with van der Waals surface area (Å²) < 4.78 is 0. The van der Waals surface area contributed by atoms with Crippen LogP contribution in [0.15, 0.2) is 0 Å². The van der Waals surface area contributed by atoms with E-state index in [1.165, 1.54) is 45.1 Å². The maximum atomic E-state index is 9.88. The zero-order valence-corrected chi connectivity index (χ0v) is 12.5. The van der Waals surface area contributed by atoms with E-state index in [4.69, 9.17) is 0 Å². The molecule has 2 aliphatic rings. The first-order valence-electron chi connectivity index (χ1n) is 7.89. The van der Waals surface area contributed by atoms with Crippen molar-refractivity contribution >= 4 is 0 Å². The summed E-state index contributed by atoms with van der Waals surface area (Å²) in [7, 11) is 0. The molecular weight excluding hydrogens is 222 g/mol. The van der Waals surface area contributed by atoms with E-state index in [-0.39, 0.29) is 5.41 Å². The van der Waals surface area contributed by atoms with E-state index in [1.54, 1.807) is 0 Å². The van der Waals surface area contributed by atoms with Crippen LogP contribution in [0.3, 0.4) is 0 Å². The van der Waals surface area contributed by atoms with E-state index in [0.717, 1.165) is 18.4 Å². The van der Waals surface area contributed by atoms with Crippen LogP contribution in [0.2, 0.25) is 0 Å². The van der Waals surface area contributed by atoms with E-state index >= 15 is 0 Å². The van der Waals surface area contributed by atoms with Crippen LogP contribution >= 0.6 is 0 Å². The molecule has 2 fully saturated rings. The molecule has 1 N–H and O–H groups in total. The zero-order chi connectivity index (χ0) is 13.2. The number of likely N-dealkylation sites (tertiary alicyclic amines) is 1. The second-order valence-corrected chi connectivity index (χ2v) is 7.30. The van der Waals surface area contributed by atoms with Crippen molar-refractivity contribution in [2.24, 2.45) is 17.3 Å². The fraction of sp³-hybridized carbons (Fsp3) is 1.00. The highest BCUT2D eigenvalue weighted by atomic mass is 16.3. The predicted octanol–water partition coefficient (Wildman–Crippen LogP) is 3.30. The number of nitrogens with zero attached hydrogens (tertiary/aromatic N) is 1. The average molecular weight is 253 g/mol. The van der Waals surface area contributed by atoms with Gasteiger partial charge in [0, 0.05) is 31.2 Å². The molecule has 0 spiro atoms. The summed E-state index contributed by atoms with van der Waals surface area (Å²) >= 11 is 0. The Morgan fingerprint density at radius 1 is 1.00 bits per heavy atom. The van der Waals surface area contributed by atoms with Gasteiger partial charge in [0.2, 0.25) is 0 Å². The summed E-state index contributed by atoms with van der Waals surface area (Å²) in [5, 5.41) is 9.88. The molecule has 0 aromatic carbocycles. The molecule has 1 saturated carbocycles. The number of piperidine rings is 1. The van der Waals surface area contributed by atoms with Crippen LogP contribution < -0.4 is 0 Å². The Morgan fingerprint density at radius 3 is 2.28 bits per heavy atom. The van der Waals surface area contributed by atoms with Gasteiger partial charge in [0.25, 0.3) is 0 Å². The molecule has 106 valence electrons. The second-order valence-electron chi connectivity index (χ2n) is 7.30. The van der Waals surface area contributed by atoms with Crippen molar-refractivity contribution in [1.82, 2.24) is 4.90 Å². The molecule has 0 radical (unpaired) electrons. The van der Waals surface area contributed by atoms with Gasteiger partial charge in [-0.25, -0.2) is 0 Å². The largest absolute Gasteiger partial charge is 0.396 e. The minimum atomic E-state index is 0.206. The quantitative estimate of drug-likeness (QED) is 0.834. The normalized spacial score (nSPS) is 43.0. The summed E-state index contributed by atoms with van der Waals surface area (Å²) in [6, 6.07) is 0.712. The number of aliphatic hydroxyl groups excluding tert-OH is 1. The Hall–Kier alpha value is -0.0800. The van der Waals surface area contributed by atoms with Gasteiger partial charge >= 0.3 is 0 Å². The summed E-state index contributed by atoms with van der Waals surface area (Å²) in [5.41, 5.74) is 0.206. The van der Waals surface area contributed by atoms with Gasteiger partial charge in [0.1, 0.15) is 0 Å². The number of hydrogen-bond donors (Lipinski definition) is 1. The first-order valence-corrected chi connectivity index (χ1v) is 7.89. The summed E-state index contributed by atoms with van der Waals surface area (Å²) in [5.74, 6) is 1.70. The molecule has 2 nitrogen and oxygen atoms in total. The molecule has 2 rings (SSSR count). The molecule has 2 heteroatoms. The molecule has 2 unspecified atom stereocenters. The molecule has 0 bridgehead atoms. The predicted molar refractivity (Wildman–Crippen MR) is 76.6 cm³/mol. The van der Waals surface area contributed by atoms with Crippen LogP contribution in [-0.2, 0) is 0 Å². The third-order valence-electron chi connectivity index (χ3n) is 5.46. The Labute approximate surface area is 113 Å². The first kappa shape index (κ1) is 14.3. The Balaban J connectivity index is 1.96. The first-order chi connectivity index (χ1) is 8.54. The third-order valence-corrected chi connectivity index (χ3v) is 5.46. The standard InChI is InChI=1S/C16H31NO/c1-13-6-8-16(12-18,9-7-13)11-17-10-14(2)4-5-15(17)3/h13-15,18H,4-12H2,1-3H3. The summed E-state index contributed by atoms with van der Waals surface area (Å²) in [6.07, 6.45) is 7.76. The van der Waals surface area contributed by atoms with E-state index in [2.05, 4.69) is 25.7 Å². The highest BCUT2D eigenvalue weighted by Crippen LogP contribution is 2.40. The van der Waals surface area contributed by atoms with E-state index in [0.29, 0.717) is 12.6 Å². The monoisotopic (exact) mass is 253 g/mol. The average Bonchev–Trinajstić information content (AvgIpc) is 2.37. The van der Waals surface area contributed by atoms with Crippen molar-refractivity contribution in [1.29, 1.82) is 0 Å². The highest BCUT2D eigenvalue weighted by Gasteiger charge is 2.37. The van der Waals surface area contributed by atoms with E-state index < -0.39 is 0 Å². The van der Waals surface area contributed by atoms with Crippen LogP contribution in [0.5, 0.6) is 0 Å². The topological polar surface area (TPSA) is 23.5 Å². The molecule has 0 aromatic heterocycles. The molecule has 0 amide bonds. The number of rotatable bonds is 3. The lowest BCUT2D eigenvalue weighted by molar-refractivity contribution is 0.000703. The molecule has 2 atom stereocenters. The van der Waals surface area contributed by atoms with Crippen LogP contribution in [-0.4, -0.2) is 35.7 Å². The van der Waals surface area contributed by atoms with Crippen LogP contribution in [0.1, 0.15) is 59.3 Å². The fourth-order valence-electron chi connectivity index (χ4n) is 3.77. The summed E-state index contributed by atoms with van der Waals surface area (Å²) in [4.78, 5) is 2.65. The van der Waals surface area contributed by atoms with Crippen LogP contribution in [0.25, 0.3) is 0 Å².